The summed E-state index contributed by atoms with van der Waals surface area (Å²) in [4.78, 5) is 21.9. The predicted octanol–water partition coefficient (Wildman–Crippen LogP) is 3.85. The quantitative estimate of drug-likeness (QED) is 0.553. The molecular weight excluding hydrogens is 380 g/mol. The van der Waals surface area contributed by atoms with Crippen LogP contribution in [0.3, 0.4) is 0 Å². The summed E-state index contributed by atoms with van der Waals surface area (Å²) in [6.07, 6.45) is 3.41. The second-order valence-corrected chi connectivity index (χ2v) is 9.09. The molecule has 158 valence electrons. The third-order valence-electron chi connectivity index (χ3n) is 6.18. The molecule has 8 heteroatoms. The summed E-state index contributed by atoms with van der Waals surface area (Å²) in [5.74, 6) is 0.550. The molecule has 1 amide bonds. The van der Waals surface area contributed by atoms with E-state index >= 15 is 0 Å². The summed E-state index contributed by atoms with van der Waals surface area (Å²) in [5.41, 5.74) is 15.5. The topological polar surface area (TPSA) is 123 Å². The van der Waals surface area contributed by atoms with Crippen LogP contribution >= 0.6 is 0 Å². The number of nitrogens with zero attached hydrogens (tertiary/aromatic N) is 4. The number of nitrogen functional groups attached to an aromatic ring is 2. The average Bonchev–Trinajstić information content (AvgIpc) is 3.08. The standard InChI is InChI=1S/C22H28N6O2/c1-22(2,3)16-11-27(21(29)30)9-8-17(16)28-10-15(13-4-6-14(23)7-5-13)18-19(24)25-12-26-20(18)28/h4-7,10,12,16-17H,8-9,11,23H2,1-3H3,(H,29,30)(H2,24,25,26). The molecule has 2 unspecified atom stereocenters. The first-order valence-corrected chi connectivity index (χ1v) is 10.1. The predicted molar refractivity (Wildman–Crippen MR) is 118 cm³/mol. The Bertz CT molecular complexity index is 1080. The number of likely N-dealkylation sites (tertiary alicyclic amines) is 1. The maximum absolute atomic E-state index is 11.6. The van der Waals surface area contributed by atoms with Crippen molar-refractivity contribution in [1.29, 1.82) is 0 Å². The van der Waals surface area contributed by atoms with Gasteiger partial charge in [-0.15, -0.1) is 0 Å². The largest absolute Gasteiger partial charge is 0.465 e. The van der Waals surface area contributed by atoms with Crippen molar-refractivity contribution in [2.24, 2.45) is 11.3 Å². The maximum atomic E-state index is 11.6. The van der Waals surface area contributed by atoms with Crippen molar-refractivity contribution in [2.75, 3.05) is 24.6 Å². The molecule has 1 saturated heterocycles. The van der Waals surface area contributed by atoms with Crippen LogP contribution in [0.2, 0.25) is 0 Å². The van der Waals surface area contributed by atoms with Crippen molar-refractivity contribution in [2.45, 2.75) is 33.2 Å². The highest BCUT2D eigenvalue weighted by atomic mass is 16.4. The van der Waals surface area contributed by atoms with Gasteiger partial charge in [-0.05, 0) is 29.5 Å². The summed E-state index contributed by atoms with van der Waals surface area (Å²) in [7, 11) is 0. The number of benzene rings is 1. The van der Waals surface area contributed by atoms with Gasteiger partial charge in [-0.25, -0.2) is 14.8 Å². The number of hydrogen-bond donors (Lipinski definition) is 3. The van der Waals surface area contributed by atoms with Crippen LogP contribution in [0.4, 0.5) is 16.3 Å². The molecule has 3 heterocycles. The molecule has 1 aliphatic heterocycles. The van der Waals surface area contributed by atoms with Crippen LogP contribution < -0.4 is 11.5 Å². The van der Waals surface area contributed by atoms with Gasteiger partial charge in [0.1, 0.15) is 17.8 Å². The molecule has 30 heavy (non-hydrogen) atoms. The molecule has 2 atom stereocenters. The fourth-order valence-corrected chi connectivity index (χ4v) is 4.54. The van der Waals surface area contributed by atoms with Crippen molar-refractivity contribution >= 4 is 28.6 Å². The number of carbonyl (C=O) groups is 1. The first kappa shape index (κ1) is 20.0. The van der Waals surface area contributed by atoms with E-state index in [0.29, 0.717) is 31.0 Å². The Morgan fingerprint density at radius 1 is 1.17 bits per heavy atom. The van der Waals surface area contributed by atoms with Crippen LogP contribution in [0.15, 0.2) is 36.8 Å². The molecule has 1 aliphatic rings. The first-order chi connectivity index (χ1) is 14.2. The second kappa shape index (κ2) is 7.19. The van der Waals surface area contributed by atoms with E-state index in [1.807, 2.05) is 24.3 Å². The third-order valence-corrected chi connectivity index (χ3v) is 6.18. The minimum atomic E-state index is -0.866. The fourth-order valence-electron chi connectivity index (χ4n) is 4.54. The first-order valence-electron chi connectivity index (χ1n) is 10.1. The summed E-state index contributed by atoms with van der Waals surface area (Å²) >= 11 is 0. The molecule has 0 aliphatic carbocycles. The summed E-state index contributed by atoms with van der Waals surface area (Å²) in [6.45, 7) is 7.45. The summed E-state index contributed by atoms with van der Waals surface area (Å²) in [5, 5.41) is 10.3. The van der Waals surface area contributed by atoms with Gasteiger partial charge in [-0.3, -0.25) is 0 Å². The lowest BCUT2D eigenvalue weighted by Crippen LogP contribution is -2.48. The SMILES string of the molecule is CC(C)(C)C1CN(C(=O)O)CCC1n1cc(-c2ccc(N)cc2)c2c(N)ncnc21. The Labute approximate surface area is 175 Å². The molecule has 1 aromatic carbocycles. The van der Waals surface area contributed by atoms with E-state index in [-0.39, 0.29) is 17.4 Å². The Kier molecular flexibility index (Phi) is 4.80. The minimum absolute atomic E-state index is 0.0880. The minimum Gasteiger partial charge on any atom is -0.465 e. The maximum Gasteiger partial charge on any atom is 0.407 e. The van der Waals surface area contributed by atoms with Gasteiger partial charge in [0.15, 0.2) is 0 Å². The lowest BCUT2D eigenvalue weighted by atomic mass is 9.73. The van der Waals surface area contributed by atoms with Gasteiger partial charge in [0.2, 0.25) is 0 Å². The van der Waals surface area contributed by atoms with Crippen LogP contribution in [0.25, 0.3) is 22.2 Å². The number of amides is 1. The Morgan fingerprint density at radius 2 is 1.87 bits per heavy atom. The van der Waals surface area contributed by atoms with Crippen LogP contribution in [-0.2, 0) is 0 Å². The number of piperidine rings is 1. The lowest BCUT2D eigenvalue weighted by molar-refractivity contribution is 0.0523. The monoisotopic (exact) mass is 408 g/mol. The Balaban J connectivity index is 1.87. The van der Waals surface area contributed by atoms with Gasteiger partial charge >= 0.3 is 6.09 Å². The van der Waals surface area contributed by atoms with Gasteiger partial charge in [-0.2, -0.15) is 0 Å². The van der Waals surface area contributed by atoms with E-state index in [2.05, 4.69) is 41.5 Å². The van der Waals surface area contributed by atoms with Crippen molar-refractivity contribution in [3.8, 4) is 11.1 Å². The van der Waals surface area contributed by atoms with E-state index < -0.39 is 6.09 Å². The summed E-state index contributed by atoms with van der Waals surface area (Å²) in [6, 6.07) is 7.76. The van der Waals surface area contributed by atoms with Crippen molar-refractivity contribution in [3.63, 3.8) is 0 Å². The van der Waals surface area contributed by atoms with Crippen LogP contribution in [0.1, 0.15) is 33.2 Å². The zero-order valence-corrected chi connectivity index (χ0v) is 17.5. The molecule has 0 radical (unpaired) electrons. The van der Waals surface area contributed by atoms with E-state index in [9.17, 15) is 9.90 Å². The molecule has 0 spiro atoms. The number of anilines is 2. The van der Waals surface area contributed by atoms with Crippen molar-refractivity contribution < 1.29 is 9.90 Å². The zero-order valence-electron chi connectivity index (χ0n) is 17.5. The molecule has 4 rings (SSSR count). The third kappa shape index (κ3) is 3.42. The van der Waals surface area contributed by atoms with Crippen LogP contribution in [-0.4, -0.2) is 43.7 Å². The molecule has 0 bridgehead atoms. The number of aromatic nitrogens is 3. The molecular formula is C22H28N6O2. The molecule has 3 aromatic rings. The molecule has 5 N–H and O–H groups in total. The lowest BCUT2D eigenvalue weighted by Gasteiger charge is -2.44. The molecule has 1 fully saturated rings. The van der Waals surface area contributed by atoms with Gasteiger partial charge in [0.05, 0.1) is 5.39 Å². The zero-order chi connectivity index (χ0) is 21.6. The van der Waals surface area contributed by atoms with E-state index in [4.69, 9.17) is 11.5 Å². The van der Waals surface area contributed by atoms with Crippen LogP contribution in [0, 0.1) is 11.3 Å². The number of fused-ring (bicyclic) bond motifs is 1. The molecule has 8 nitrogen and oxygen atoms in total. The highest BCUT2D eigenvalue weighted by Crippen LogP contribution is 2.44. The smallest absolute Gasteiger partial charge is 0.407 e. The number of carboxylic acid groups (broad SMARTS) is 1. The highest BCUT2D eigenvalue weighted by molar-refractivity contribution is 6.00. The molecule has 0 saturated carbocycles. The van der Waals surface area contributed by atoms with Crippen molar-refractivity contribution in [3.05, 3.63) is 36.8 Å². The van der Waals surface area contributed by atoms with Gasteiger partial charge < -0.3 is 26.0 Å². The van der Waals surface area contributed by atoms with Gasteiger partial charge in [0.25, 0.3) is 0 Å². The summed E-state index contributed by atoms with van der Waals surface area (Å²) < 4.78 is 2.17. The molecule has 2 aromatic heterocycles. The highest BCUT2D eigenvalue weighted by Gasteiger charge is 2.40. The van der Waals surface area contributed by atoms with E-state index in [1.165, 1.54) is 11.2 Å². The number of hydrogen-bond acceptors (Lipinski definition) is 5. The van der Waals surface area contributed by atoms with Gasteiger partial charge in [-0.1, -0.05) is 32.9 Å². The number of nitrogens with two attached hydrogens (primary N) is 2. The van der Waals surface area contributed by atoms with Crippen molar-refractivity contribution in [1.82, 2.24) is 19.4 Å². The van der Waals surface area contributed by atoms with E-state index in [1.54, 1.807) is 0 Å². The van der Waals surface area contributed by atoms with Gasteiger partial charge in [0, 0.05) is 42.5 Å². The van der Waals surface area contributed by atoms with Crippen LogP contribution in [0.5, 0.6) is 0 Å². The van der Waals surface area contributed by atoms with E-state index in [0.717, 1.165) is 22.2 Å². The second-order valence-electron chi connectivity index (χ2n) is 9.09. The Morgan fingerprint density at radius 3 is 2.50 bits per heavy atom. The number of rotatable bonds is 2. The fraction of sp³-hybridized carbons (Fsp3) is 0.409. The average molecular weight is 409 g/mol. The normalized spacial score (nSPS) is 19.9. The Hall–Kier alpha value is -3.29.